The Balaban J connectivity index is 2.27. The minimum Gasteiger partial charge on any atom is -0.489 e. The number of unbranched alkanes of at least 4 members (excludes halogenated alkanes) is 1. The Kier molecular flexibility index (Phi) is 6.70. The van der Waals surface area contributed by atoms with Gasteiger partial charge in [0.25, 0.3) is 0 Å². The van der Waals surface area contributed by atoms with Gasteiger partial charge in [-0.3, -0.25) is 0 Å². The molecule has 0 spiro atoms. The standard InChI is InChI=1S/C12H18O5S/c1-2-3-5-16-7-9(13)8-17-10-4-6-18-11(10)12(14)15/h4,6,9,13H,2-3,5,7-8H2,1H3,(H,14,15). The average molecular weight is 274 g/mol. The Labute approximate surface area is 110 Å². The lowest BCUT2D eigenvalue weighted by molar-refractivity contribution is 0.0111. The van der Waals surface area contributed by atoms with E-state index in [-0.39, 0.29) is 18.1 Å². The van der Waals surface area contributed by atoms with Crippen LogP contribution < -0.4 is 4.74 Å². The lowest BCUT2D eigenvalue weighted by Crippen LogP contribution is -2.24. The molecule has 0 aliphatic rings. The Hall–Kier alpha value is -1.11. The number of carboxylic acids is 1. The molecular formula is C12H18O5S. The van der Waals surface area contributed by atoms with E-state index in [1.807, 2.05) is 0 Å². The van der Waals surface area contributed by atoms with Gasteiger partial charge in [0.2, 0.25) is 0 Å². The number of aliphatic hydroxyl groups excluding tert-OH is 1. The molecule has 0 aliphatic carbocycles. The van der Waals surface area contributed by atoms with Crippen molar-refractivity contribution in [2.24, 2.45) is 0 Å². The van der Waals surface area contributed by atoms with Gasteiger partial charge in [-0.2, -0.15) is 0 Å². The number of aromatic carboxylic acids is 1. The number of thiophene rings is 1. The van der Waals surface area contributed by atoms with Crippen molar-refractivity contribution in [3.05, 3.63) is 16.3 Å². The van der Waals surface area contributed by atoms with Crippen LogP contribution in [-0.2, 0) is 4.74 Å². The van der Waals surface area contributed by atoms with Crippen LogP contribution >= 0.6 is 11.3 Å². The Morgan fingerprint density at radius 2 is 2.28 bits per heavy atom. The molecule has 0 saturated heterocycles. The molecule has 1 aromatic rings. The van der Waals surface area contributed by atoms with Gasteiger partial charge in [0.1, 0.15) is 18.5 Å². The first-order valence-corrected chi connectivity index (χ1v) is 6.72. The van der Waals surface area contributed by atoms with E-state index in [0.717, 1.165) is 24.2 Å². The lowest BCUT2D eigenvalue weighted by atomic mass is 10.3. The van der Waals surface area contributed by atoms with Crippen LogP contribution in [0.1, 0.15) is 29.4 Å². The predicted molar refractivity (Wildman–Crippen MR) is 68.5 cm³/mol. The molecule has 0 saturated carbocycles. The van der Waals surface area contributed by atoms with Gasteiger partial charge in [-0.15, -0.1) is 11.3 Å². The van der Waals surface area contributed by atoms with Gasteiger partial charge in [0, 0.05) is 6.61 Å². The quantitative estimate of drug-likeness (QED) is 0.674. The van der Waals surface area contributed by atoms with E-state index in [4.69, 9.17) is 14.6 Å². The van der Waals surface area contributed by atoms with Gasteiger partial charge >= 0.3 is 5.97 Å². The van der Waals surface area contributed by atoms with Crippen molar-refractivity contribution >= 4 is 17.3 Å². The molecule has 1 rings (SSSR count). The fraction of sp³-hybridized carbons (Fsp3) is 0.583. The number of aliphatic hydroxyl groups is 1. The second-order valence-corrected chi connectivity index (χ2v) is 4.73. The van der Waals surface area contributed by atoms with Crippen LogP contribution in [0, 0.1) is 0 Å². The van der Waals surface area contributed by atoms with Gasteiger partial charge in [-0.05, 0) is 17.9 Å². The summed E-state index contributed by atoms with van der Waals surface area (Å²) in [5.74, 6) is -0.728. The van der Waals surface area contributed by atoms with E-state index in [2.05, 4.69) is 6.92 Å². The Morgan fingerprint density at radius 1 is 1.50 bits per heavy atom. The van der Waals surface area contributed by atoms with Crippen LogP contribution in [0.25, 0.3) is 0 Å². The third kappa shape index (κ3) is 5.03. The summed E-state index contributed by atoms with van der Waals surface area (Å²) < 4.78 is 10.5. The predicted octanol–water partition coefficient (Wildman–Crippen LogP) is 2.00. The summed E-state index contributed by atoms with van der Waals surface area (Å²) in [6, 6.07) is 1.58. The second-order valence-electron chi connectivity index (χ2n) is 3.81. The summed E-state index contributed by atoms with van der Waals surface area (Å²) in [5.41, 5.74) is 0. The molecule has 0 radical (unpaired) electrons. The summed E-state index contributed by atoms with van der Waals surface area (Å²) in [6.07, 6.45) is 1.26. The number of ether oxygens (including phenoxy) is 2. The largest absolute Gasteiger partial charge is 0.489 e. The third-order valence-corrected chi connectivity index (χ3v) is 3.09. The van der Waals surface area contributed by atoms with Crippen molar-refractivity contribution < 1.29 is 24.5 Å². The topological polar surface area (TPSA) is 76.0 Å². The molecule has 1 atom stereocenters. The van der Waals surface area contributed by atoms with Gasteiger partial charge in [0.05, 0.1) is 6.61 Å². The molecule has 18 heavy (non-hydrogen) atoms. The smallest absolute Gasteiger partial charge is 0.349 e. The fourth-order valence-electron chi connectivity index (χ4n) is 1.27. The maximum Gasteiger partial charge on any atom is 0.349 e. The van der Waals surface area contributed by atoms with Crippen molar-refractivity contribution in [1.82, 2.24) is 0 Å². The van der Waals surface area contributed by atoms with Crippen LogP contribution in [0.15, 0.2) is 11.4 Å². The van der Waals surface area contributed by atoms with E-state index in [1.165, 1.54) is 0 Å². The Bertz CT molecular complexity index is 363. The molecule has 0 fully saturated rings. The van der Waals surface area contributed by atoms with Crippen molar-refractivity contribution in [2.75, 3.05) is 19.8 Å². The van der Waals surface area contributed by atoms with Crippen molar-refractivity contribution in [3.8, 4) is 5.75 Å². The Morgan fingerprint density at radius 3 is 2.94 bits per heavy atom. The molecule has 1 unspecified atom stereocenters. The maximum absolute atomic E-state index is 10.8. The van der Waals surface area contributed by atoms with Crippen molar-refractivity contribution in [2.45, 2.75) is 25.9 Å². The molecule has 0 bridgehead atoms. The molecule has 102 valence electrons. The lowest BCUT2D eigenvalue weighted by Gasteiger charge is -2.12. The van der Waals surface area contributed by atoms with E-state index in [9.17, 15) is 9.90 Å². The summed E-state index contributed by atoms with van der Waals surface area (Å²) in [7, 11) is 0. The van der Waals surface area contributed by atoms with E-state index >= 15 is 0 Å². The van der Waals surface area contributed by atoms with Crippen LogP contribution in [0.5, 0.6) is 5.75 Å². The zero-order chi connectivity index (χ0) is 13.4. The van der Waals surface area contributed by atoms with Crippen LogP contribution in [-0.4, -0.2) is 42.1 Å². The summed E-state index contributed by atoms with van der Waals surface area (Å²) >= 11 is 1.10. The maximum atomic E-state index is 10.8. The van der Waals surface area contributed by atoms with Crippen molar-refractivity contribution in [1.29, 1.82) is 0 Å². The third-order valence-electron chi connectivity index (χ3n) is 2.21. The van der Waals surface area contributed by atoms with Gasteiger partial charge in [0.15, 0.2) is 4.88 Å². The van der Waals surface area contributed by atoms with Crippen LogP contribution in [0.2, 0.25) is 0 Å². The molecule has 0 aliphatic heterocycles. The molecule has 1 aromatic heterocycles. The minimum atomic E-state index is -1.02. The summed E-state index contributed by atoms with van der Waals surface area (Å²) in [4.78, 5) is 11.0. The highest BCUT2D eigenvalue weighted by atomic mass is 32.1. The van der Waals surface area contributed by atoms with Gasteiger partial charge < -0.3 is 19.7 Å². The summed E-state index contributed by atoms with van der Waals surface area (Å²) in [6.45, 7) is 2.91. The average Bonchev–Trinajstić information content (AvgIpc) is 2.80. The highest BCUT2D eigenvalue weighted by Crippen LogP contribution is 2.24. The van der Waals surface area contributed by atoms with Crippen LogP contribution in [0.4, 0.5) is 0 Å². The zero-order valence-electron chi connectivity index (χ0n) is 10.3. The first kappa shape index (κ1) is 14.9. The van der Waals surface area contributed by atoms with Crippen LogP contribution in [0.3, 0.4) is 0 Å². The fourth-order valence-corrected chi connectivity index (χ4v) is 1.94. The molecular weight excluding hydrogens is 256 g/mol. The number of carbonyl (C=O) groups is 1. The number of rotatable bonds is 9. The SMILES string of the molecule is CCCCOCC(O)COc1ccsc1C(=O)O. The first-order chi connectivity index (χ1) is 8.65. The molecule has 1 heterocycles. The van der Waals surface area contributed by atoms with E-state index in [0.29, 0.717) is 12.4 Å². The minimum absolute atomic E-state index is 0.0309. The first-order valence-electron chi connectivity index (χ1n) is 5.84. The number of hydrogen-bond acceptors (Lipinski definition) is 5. The normalized spacial score (nSPS) is 12.3. The summed E-state index contributed by atoms with van der Waals surface area (Å²) in [5, 5.41) is 20.1. The highest BCUT2D eigenvalue weighted by Gasteiger charge is 2.14. The van der Waals surface area contributed by atoms with Gasteiger partial charge in [-0.1, -0.05) is 13.3 Å². The second kappa shape index (κ2) is 8.07. The van der Waals surface area contributed by atoms with Crippen molar-refractivity contribution in [3.63, 3.8) is 0 Å². The van der Waals surface area contributed by atoms with Gasteiger partial charge in [-0.25, -0.2) is 4.79 Å². The zero-order valence-corrected chi connectivity index (χ0v) is 11.1. The number of hydrogen-bond donors (Lipinski definition) is 2. The number of carboxylic acid groups (broad SMARTS) is 1. The van der Waals surface area contributed by atoms with E-state index < -0.39 is 12.1 Å². The monoisotopic (exact) mass is 274 g/mol. The molecule has 2 N–H and O–H groups in total. The molecule has 0 aromatic carbocycles. The molecule has 6 heteroatoms. The van der Waals surface area contributed by atoms with E-state index in [1.54, 1.807) is 11.4 Å². The highest BCUT2D eigenvalue weighted by molar-refractivity contribution is 7.12. The molecule has 0 amide bonds. The molecule has 5 nitrogen and oxygen atoms in total.